The lowest BCUT2D eigenvalue weighted by atomic mass is 10.2. The summed E-state index contributed by atoms with van der Waals surface area (Å²) in [6, 6.07) is 5.52. The summed E-state index contributed by atoms with van der Waals surface area (Å²) in [7, 11) is 0. The lowest BCUT2D eigenvalue weighted by Crippen LogP contribution is -2.22. The standard InChI is InChI=1S/C21H21ClN4O2S2/c1-4-7-26-20(28)18-12(2)13(3)30-19(18)24-21(26)29-11-17-23-15-6-5-14(22)10-16(15)25(17)8-9-27/h4-6,10,27H,1,7-9,11H2,2-3H3. The summed E-state index contributed by atoms with van der Waals surface area (Å²) in [5.41, 5.74) is 2.65. The van der Waals surface area contributed by atoms with Gasteiger partial charge in [0.1, 0.15) is 10.7 Å². The Kier molecular flexibility index (Phi) is 6.02. The fourth-order valence-corrected chi connectivity index (χ4v) is 5.64. The van der Waals surface area contributed by atoms with Gasteiger partial charge in [0.25, 0.3) is 5.56 Å². The van der Waals surface area contributed by atoms with Crippen LogP contribution in [0.15, 0.2) is 40.8 Å². The van der Waals surface area contributed by atoms with Crippen molar-refractivity contribution in [2.75, 3.05) is 6.61 Å². The highest BCUT2D eigenvalue weighted by Crippen LogP contribution is 2.30. The van der Waals surface area contributed by atoms with Crippen molar-refractivity contribution < 1.29 is 5.11 Å². The molecule has 0 spiro atoms. The van der Waals surface area contributed by atoms with Gasteiger partial charge in [-0.25, -0.2) is 9.97 Å². The molecule has 4 rings (SSSR count). The molecule has 30 heavy (non-hydrogen) atoms. The van der Waals surface area contributed by atoms with Gasteiger partial charge in [0.2, 0.25) is 0 Å². The molecule has 0 aliphatic heterocycles. The average molecular weight is 461 g/mol. The van der Waals surface area contributed by atoms with Crippen LogP contribution in [0.25, 0.3) is 21.3 Å². The molecule has 0 fully saturated rings. The molecule has 9 heteroatoms. The molecule has 4 aromatic rings. The van der Waals surface area contributed by atoms with Crippen molar-refractivity contribution in [3.05, 3.63) is 62.5 Å². The Balaban J connectivity index is 1.76. The number of halogens is 1. The van der Waals surface area contributed by atoms with Crippen LogP contribution in [-0.4, -0.2) is 30.8 Å². The van der Waals surface area contributed by atoms with E-state index in [9.17, 15) is 9.90 Å². The van der Waals surface area contributed by atoms with Gasteiger partial charge in [-0.2, -0.15) is 0 Å². The van der Waals surface area contributed by atoms with Crippen LogP contribution in [0, 0.1) is 13.8 Å². The lowest BCUT2D eigenvalue weighted by Gasteiger charge is -2.11. The molecule has 0 aliphatic rings. The van der Waals surface area contributed by atoms with E-state index in [0.29, 0.717) is 34.4 Å². The van der Waals surface area contributed by atoms with Crippen molar-refractivity contribution in [2.24, 2.45) is 0 Å². The Morgan fingerprint density at radius 3 is 2.83 bits per heavy atom. The van der Waals surface area contributed by atoms with Gasteiger partial charge in [0.05, 0.1) is 28.8 Å². The molecule has 0 radical (unpaired) electrons. The number of aromatic nitrogens is 4. The fraction of sp³-hybridized carbons (Fsp3) is 0.286. The number of aryl methyl sites for hydroxylation is 2. The van der Waals surface area contributed by atoms with E-state index in [1.807, 2.05) is 30.5 Å². The molecule has 0 unspecified atom stereocenters. The summed E-state index contributed by atoms with van der Waals surface area (Å²) in [5, 5.41) is 11.5. The highest BCUT2D eigenvalue weighted by Gasteiger charge is 2.18. The molecular formula is C21H21ClN4O2S2. The summed E-state index contributed by atoms with van der Waals surface area (Å²) in [6.45, 7) is 8.56. The summed E-state index contributed by atoms with van der Waals surface area (Å²) in [6.07, 6.45) is 1.70. The normalized spacial score (nSPS) is 11.6. The number of fused-ring (bicyclic) bond motifs is 2. The Labute approximate surface area is 186 Å². The molecule has 1 N–H and O–H groups in total. The number of aliphatic hydroxyl groups excluding tert-OH is 1. The van der Waals surface area contributed by atoms with Crippen LogP contribution in [0.3, 0.4) is 0 Å². The first-order chi connectivity index (χ1) is 14.4. The molecule has 0 aliphatic carbocycles. The maximum atomic E-state index is 13.1. The predicted molar refractivity (Wildman–Crippen MR) is 125 cm³/mol. The van der Waals surface area contributed by atoms with Gasteiger partial charge < -0.3 is 9.67 Å². The third-order valence-corrected chi connectivity index (χ3v) is 7.32. The van der Waals surface area contributed by atoms with E-state index in [4.69, 9.17) is 21.6 Å². The van der Waals surface area contributed by atoms with E-state index in [1.54, 1.807) is 28.0 Å². The molecule has 3 aromatic heterocycles. The third kappa shape index (κ3) is 3.69. The topological polar surface area (TPSA) is 72.9 Å². The first kappa shape index (κ1) is 21.1. The van der Waals surface area contributed by atoms with Crippen LogP contribution in [0.2, 0.25) is 5.02 Å². The Bertz CT molecular complexity index is 1320. The summed E-state index contributed by atoms with van der Waals surface area (Å²) in [4.78, 5) is 24.5. The van der Waals surface area contributed by atoms with Crippen LogP contribution in [0.5, 0.6) is 0 Å². The van der Waals surface area contributed by atoms with Gasteiger partial charge in [-0.1, -0.05) is 29.4 Å². The maximum absolute atomic E-state index is 13.1. The van der Waals surface area contributed by atoms with Crippen LogP contribution in [0.4, 0.5) is 0 Å². The number of aliphatic hydroxyl groups is 1. The molecule has 0 amide bonds. The van der Waals surface area contributed by atoms with E-state index >= 15 is 0 Å². The number of hydrogen-bond acceptors (Lipinski definition) is 6. The summed E-state index contributed by atoms with van der Waals surface area (Å²) in [5.74, 6) is 1.30. The molecule has 0 saturated carbocycles. The smallest absolute Gasteiger partial charge is 0.263 e. The van der Waals surface area contributed by atoms with Crippen LogP contribution in [0.1, 0.15) is 16.3 Å². The van der Waals surface area contributed by atoms with Crippen molar-refractivity contribution in [2.45, 2.75) is 37.8 Å². The van der Waals surface area contributed by atoms with Gasteiger partial charge in [-0.15, -0.1) is 17.9 Å². The number of rotatable bonds is 7. The highest BCUT2D eigenvalue weighted by molar-refractivity contribution is 7.98. The molecule has 156 valence electrons. The van der Waals surface area contributed by atoms with Crippen molar-refractivity contribution in [3.63, 3.8) is 0 Å². The van der Waals surface area contributed by atoms with E-state index < -0.39 is 0 Å². The van der Waals surface area contributed by atoms with Crippen LogP contribution in [-0.2, 0) is 18.8 Å². The van der Waals surface area contributed by atoms with Crippen molar-refractivity contribution >= 4 is 55.9 Å². The average Bonchev–Trinajstić information content (AvgIpc) is 3.20. The van der Waals surface area contributed by atoms with E-state index in [0.717, 1.165) is 32.1 Å². The van der Waals surface area contributed by atoms with Crippen molar-refractivity contribution in [1.29, 1.82) is 0 Å². The molecule has 1 aromatic carbocycles. The third-order valence-electron chi connectivity index (χ3n) is 5.01. The molecular weight excluding hydrogens is 440 g/mol. The summed E-state index contributed by atoms with van der Waals surface area (Å²) < 4.78 is 3.62. The Morgan fingerprint density at radius 1 is 1.30 bits per heavy atom. The number of allylic oxidation sites excluding steroid dienone is 1. The zero-order valence-electron chi connectivity index (χ0n) is 16.7. The monoisotopic (exact) mass is 460 g/mol. The zero-order valence-corrected chi connectivity index (χ0v) is 19.1. The quantitative estimate of drug-likeness (QED) is 0.249. The van der Waals surface area contributed by atoms with Crippen LogP contribution >= 0.6 is 34.7 Å². The Morgan fingerprint density at radius 2 is 2.10 bits per heavy atom. The zero-order chi connectivity index (χ0) is 21.4. The second-order valence-corrected chi connectivity index (χ2v) is 9.47. The number of imidazole rings is 1. The minimum absolute atomic E-state index is 0.00519. The fourth-order valence-electron chi connectivity index (χ4n) is 3.44. The van der Waals surface area contributed by atoms with E-state index in [-0.39, 0.29) is 12.2 Å². The SMILES string of the molecule is C=CCn1c(SCc2nc3ccc(Cl)cc3n2CCO)nc2sc(C)c(C)c2c1=O. The first-order valence-electron chi connectivity index (χ1n) is 9.44. The van der Waals surface area contributed by atoms with Crippen LogP contribution < -0.4 is 5.56 Å². The predicted octanol–water partition coefficient (Wildman–Crippen LogP) is 4.55. The van der Waals surface area contributed by atoms with E-state index in [2.05, 4.69) is 6.58 Å². The summed E-state index contributed by atoms with van der Waals surface area (Å²) >= 11 is 9.15. The van der Waals surface area contributed by atoms with E-state index in [1.165, 1.54) is 11.8 Å². The molecule has 3 heterocycles. The minimum Gasteiger partial charge on any atom is -0.395 e. The van der Waals surface area contributed by atoms with Crippen molar-refractivity contribution in [1.82, 2.24) is 19.1 Å². The minimum atomic E-state index is -0.0418. The molecule has 6 nitrogen and oxygen atoms in total. The number of thiophene rings is 1. The van der Waals surface area contributed by atoms with Crippen molar-refractivity contribution in [3.8, 4) is 0 Å². The van der Waals surface area contributed by atoms with Gasteiger partial charge in [0.15, 0.2) is 5.16 Å². The number of thioether (sulfide) groups is 1. The first-order valence-corrected chi connectivity index (χ1v) is 11.6. The molecule has 0 atom stereocenters. The molecule has 0 bridgehead atoms. The maximum Gasteiger partial charge on any atom is 0.263 e. The number of hydrogen-bond donors (Lipinski definition) is 1. The lowest BCUT2D eigenvalue weighted by molar-refractivity contribution is 0.276. The van der Waals surface area contributed by atoms with Gasteiger partial charge >= 0.3 is 0 Å². The van der Waals surface area contributed by atoms with Gasteiger partial charge in [0, 0.05) is 23.0 Å². The molecule has 0 saturated heterocycles. The highest BCUT2D eigenvalue weighted by atomic mass is 35.5. The number of nitrogens with zero attached hydrogens (tertiary/aromatic N) is 4. The van der Waals surface area contributed by atoms with Gasteiger partial charge in [-0.05, 0) is 37.6 Å². The Hall–Kier alpha value is -2.13. The second-order valence-electron chi connectivity index (χ2n) is 6.89. The number of benzene rings is 1. The van der Waals surface area contributed by atoms with Gasteiger partial charge in [-0.3, -0.25) is 9.36 Å². The largest absolute Gasteiger partial charge is 0.395 e. The second kappa shape index (κ2) is 8.55.